The van der Waals surface area contributed by atoms with Crippen molar-refractivity contribution in [2.24, 2.45) is 0 Å². The van der Waals surface area contributed by atoms with Crippen molar-refractivity contribution in [3.8, 4) is 0 Å². The summed E-state index contributed by atoms with van der Waals surface area (Å²) >= 11 is -0.726. The van der Waals surface area contributed by atoms with Crippen LogP contribution in [0.5, 0.6) is 0 Å². The van der Waals surface area contributed by atoms with Crippen LogP contribution in [0.4, 0.5) is 0 Å². The Labute approximate surface area is 113 Å². The molecule has 0 aromatic rings. The van der Waals surface area contributed by atoms with Crippen molar-refractivity contribution in [2.75, 3.05) is 0 Å². The van der Waals surface area contributed by atoms with E-state index >= 15 is 0 Å². The Morgan fingerprint density at radius 2 is 1.29 bits per heavy atom. The van der Waals surface area contributed by atoms with Gasteiger partial charge in [-0.3, -0.25) is 0 Å². The minimum Gasteiger partial charge on any atom is -0.301 e. The van der Waals surface area contributed by atoms with E-state index in [0.29, 0.717) is 5.78 Å². The van der Waals surface area contributed by atoms with Gasteiger partial charge in [-0.15, -0.1) is 0 Å². The molecule has 0 aromatic heterocycles. The molecule has 0 saturated carbocycles. The van der Waals surface area contributed by atoms with E-state index < -0.39 is 14.1 Å². The van der Waals surface area contributed by atoms with Gasteiger partial charge in [-0.2, -0.15) is 0 Å². The second kappa shape index (κ2) is 12.7. The molecule has 0 amide bonds. The molecule has 0 N–H and O–H groups in total. The molecular formula is C15H31AlO. The molecule has 0 bridgehead atoms. The third-order valence-corrected chi connectivity index (χ3v) is 7.11. The van der Waals surface area contributed by atoms with E-state index in [-0.39, 0.29) is 0 Å². The van der Waals surface area contributed by atoms with Crippen molar-refractivity contribution in [1.82, 2.24) is 0 Å². The molecule has 0 spiro atoms. The second-order valence-corrected chi connectivity index (χ2v) is 8.77. The molecule has 0 aliphatic carbocycles. The molecule has 0 aromatic carbocycles. The maximum Gasteiger partial charge on any atom is 0.272 e. The highest BCUT2D eigenvalue weighted by atomic mass is 27.2. The molecule has 0 aliphatic heterocycles. The molecule has 0 radical (unpaired) electrons. The van der Waals surface area contributed by atoms with Crippen LogP contribution < -0.4 is 0 Å². The predicted octanol–water partition coefficient (Wildman–Crippen LogP) is 5.23. The molecule has 0 rings (SSSR count). The van der Waals surface area contributed by atoms with Gasteiger partial charge >= 0.3 is 0 Å². The van der Waals surface area contributed by atoms with Crippen LogP contribution in [0.2, 0.25) is 15.8 Å². The monoisotopic (exact) mass is 254 g/mol. The predicted molar refractivity (Wildman–Crippen MR) is 79.1 cm³/mol. The van der Waals surface area contributed by atoms with Gasteiger partial charge in [0.1, 0.15) is 5.78 Å². The summed E-state index contributed by atoms with van der Waals surface area (Å²) < 4.78 is 0. The summed E-state index contributed by atoms with van der Waals surface area (Å²) in [5.41, 5.74) is 0. The Bertz CT molecular complexity index is 168. The van der Waals surface area contributed by atoms with E-state index in [9.17, 15) is 4.79 Å². The zero-order valence-corrected chi connectivity index (χ0v) is 13.4. The molecule has 0 saturated heterocycles. The summed E-state index contributed by atoms with van der Waals surface area (Å²) in [6.07, 6.45) is 10.9. The summed E-state index contributed by atoms with van der Waals surface area (Å²) in [6.45, 7) is 6.29. The average molecular weight is 254 g/mol. The topological polar surface area (TPSA) is 17.1 Å². The first-order valence-electron chi connectivity index (χ1n) is 7.70. The third-order valence-electron chi connectivity index (χ3n) is 3.51. The Morgan fingerprint density at radius 3 is 1.65 bits per heavy atom. The van der Waals surface area contributed by atoms with Gasteiger partial charge in [-0.05, 0) is 12.2 Å². The van der Waals surface area contributed by atoms with Crippen LogP contribution >= 0.6 is 0 Å². The van der Waals surface area contributed by atoms with Crippen molar-refractivity contribution < 1.29 is 4.79 Å². The maximum atomic E-state index is 11.3. The van der Waals surface area contributed by atoms with Gasteiger partial charge in [0.25, 0.3) is 14.1 Å². The van der Waals surface area contributed by atoms with Crippen molar-refractivity contribution in [1.29, 1.82) is 0 Å². The fourth-order valence-electron chi connectivity index (χ4n) is 2.47. The maximum absolute atomic E-state index is 11.3. The fraction of sp³-hybridized carbons (Fsp3) is 0.933. The summed E-state index contributed by atoms with van der Waals surface area (Å²) in [7, 11) is 0. The normalized spacial score (nSPS) is 10.5. The van der Waals surface area contributed by atoms with Crippen molar-refractivity contribution in [3.05, 3.63) is 0 Å². The molecule has 2 heteroatoms. The SMILES string of the molecule is CCCCC[CH2][Al]([CH2]CCCCC)[CH2]C(C)=O. The number of rotatable bonds is 12. The van der Waals surface area contributed by atoms with Gasteiger partial charge in [0.2, 0.25) is 0 Å². The van der Waals surface area contributed by atoms with Crippen LogP contribution in [-0.2, 0) is 4.79 Å². The number of hydrogen-bond acceptors (Lipinski definition) is 1. The fourth-order valence-corrected chi connectivity index (χ4v) is 5.72. The number of carbonyl (C=O) groups is 1. The minimum atomic E-state index is -0.726. The summed E-state index contributed by atoms with van der Waals surface area (Å²) in [6, 6.07) is 0. The highest BCUT2D eigenvalue weighted by Gasteiger charge is 2.17. The van der Waals surface area contributed by atoms with Gasteiger partial charge in [-0.1, -0.05) is 75.8 Å². The minimum absolute atomic E-state index is 0.438. The zero-order valence-electron chi connectivity index (χ0n) is 12.3. The molecular weight excluding hydrogens is 223 g/mol. The molecule has 1 nitrogen and oxygen atoms in total. The Hall–Kier alpha value is 0.202. The molecule has 0 unspecified atom stereocenters. The van der Waals surface area contributed by atoms with E-state index in [0.717, 1.165) is 5.28 Å². The van der Waals surface area contributed by atoms with E-state index in [2.05, 4.69) is 13.8 Å². The van der Waals surface area contributed by atoms with Crippen LogP contribution in [0.1, 0.15) is 72.1 Å². The van der Waals surface area contributed by atoms with Gasteiger partial charge in [-0.25, -0.2) is 0 Å². The number of unbranched alkanes of at least 4 members (excludes halogenated alkanes) is 6. The lowest BCUT2D eigenvalue weighted by molar-refractivity contribution is -0.115. The van der Waals surface area contributed by atoms with E-state index in [4.69, 9.17) is 0 Å². The lowest BCUT2D eigenvalue weighted by Gasteiger charge is -2.10. The molecule has 100 valence electrons. The largest absolute Gasteiger partial charge is 0.301 e. The van der Waals surface area contributed by atoms with Gasteiger partial charge < -0.3 is 4.79 Å². The first-order chi connectivity index (χ1) is 8.20. The number of Topliss-reactive ketones (excluding diaryl/α,β-unsaturated/α-hetero) is 1. The molecule has 0 aliphatic rings. The zero-order chi connectivity index (χ0) is 12.9. The highest BCUT2D eigenvalue weighted by molar-refractivity contribution is 6.62. The van der Waals surface area contributed by atoms with Crippen LogP contribution in [0, 0.1) is 0 Å². The van der Waals surface area contributed by atoms with Crippen LogP contribution in [0.3, 0.4) is 0 Å². The summed E-state index contributed by atoms with van der Waals surface area (Å²) in [5.74, 6) is 0.438. The second-order valence-electron chi connectivity index (χ2n) is 5.47. The number of ketones is 1. The van der Waals surface area contributed by atoms with E-state index in [1.54, 1.807) is 6.92 Å². The smallest absolute Gasteiger partial charge is 0.272 e. The van der Waals surface area contributed by atoms with Gasteiger partial charge in [0.05, 0.1) is 0 Å². The van der Waals surface area contributed by atoms with Crippen LogP contribution in [-0.4, -0.2) is 19.9 Å². The Balaban J connectivity index is 3.68. The quantitative estimate of drug-likeness (QED) is 0.344. The van der Waals surface area contributed by atoms with Crippen molar-refractivity contribution >= 4 is 19.9 Å². The lowest BCUT2D eigenvalue weighted by Crippen LogP contribution is -2.15. The van der Waals surface area contributed by atoms with Crippen molar-refractivity contribution in [2.45, 2.75) is 88.0 Å². The van der Waals surface area contributed by atoms with Gasteiger partial charge in [0.15, 0.2) is 0 Å². The van der Waals surface area contributed by atoms with Crippen LogP contribution in [0.25, 0.3) is 0 Å². The molecule has 0 heterocycles. The molecule has 0 fully saturated rings. The standard InChI is InChI=1S/2C6H13.C3H5O.Al/c2*1-3-5-6-4-2;1-3(2)4;/h2*1,3-6H2,2H3;1H2,2H3;. The lowest BCUT2D eigenvalue weighted by atomic mass is 10.2. The van der Waals surface area contributed by atoms with Gasteiger partial charge in [0, 0.05) is 0 Å². The number of carbonyl (C=O) groups excluding carboxylic acids is 1. The average Bonchev–Trinajstić information content (AvgIpc) is 2.29. The molecule has 0 atom stereocenters. The highest BCUT2D eigenvalue weighted by Crippen LogP contribution is 2.16. The van der Waals surface area contributed by atoms with E-state index in [1.807, 2.05) is 0 Å². The summed E-state index contributed by atoms with van der Waals surface area (Å²) in [4.78, 5) is 11.3. The first-order valence-corrected chi connectivity index (χ1v) is 10.1. The van der Waals surface area contributed by atoms with Crippen LogP contribution in [0.15, 0.2) is 0 Å². The first kappa shape index (κ1) is 17.2. The Kier molecular flexibility index (Phi) is 12.8. The molecule has 17 heavy (non-hydrogen) atoms. The third kappa shape index (κ3) is 12.4. The number of hydrogen-bond donors (Lipinski definition) is 0. The Morgan fingerprint density at radius 1 is 0.824 bits per heavy atom. The van der Waals surface area contributed by atoms with E-state index in [1.165, 1.54) is 61.9 Å². The summed E-state index contributed by atoms with van der Waals surface area (Å²) in [5, 5.41) is 3.77. The van der Waals surface area contributed by atoms with Crippen molar-refractivity contribution in [3.63, 3.8) is 0 Å².